The van der Waals surface area contributed by atoms with E-state index in [0.717, 1.165) is 6.42 Å². The van der Waals surface area contributed by atoms with Crippen LogP contribution in [-0.2, 0) is 19.6 Å². The van der Waals surface area contributed by atoms with Gasteiger partial charge < -0.3 is 9.84 Å². The van der Waals surface area contributed by atoms with Crippen LogP contribution in [0.2, 0.25) is 0 Å². The first-order valence-electron chi connectivity index (χ1n) is 4.75. The second kappa shape index (κ2) is 4.91. The Bertz CT molecular complexity index is 320. The monoisotopic (exact) mass is 237 g/mol. The normalized spacial score (nSPS) is 23.9. The zero-order chi connectivity index (χ0) is 11.5. The quantitative estimate of drug-likeness (QED) is 0.676. The van der Waals surface area contributed by atoms with Crippen LogP contribution in [0.15, 0.2) is 0 Å². The maximum Gasteiger partial charge on any atom is 0.321 e. The molecule has 2 atom stereocenters. The van der Waals surface area contributed by atoms with Crippen LogP contribution in [0.4, 0.5) is 0 Å². The summed E-state index contributed by atoms with van der Waals surface area (Å²) in [6, 6.07) is -1.10. The molecule has 0 amide bonds. The Balaban J connectivity index is 2.47. The van der Waals surface area contributed by atoms with Gasteiger partial charge in [-0.1, -0.05) is 0 Å². The molecule has 0 spiro atoms. The van der Waals surface area contributed by atoms with Crippen molar-refractivity contribution in [3.05, 3.63) is 0 Å². The fourth-order valence-electron chi connectivity index (χ4n) is 1.39. The number of hydrogen-bond acceptors (Lipinski definition) is 4. The lowest BCUT2D eigenvalue weighted by atomic mass is 10.3. The van der Waals surface area contributed by atoms with Crippen LogP contribution in [0, 0.1) is 0 Å². The highest BCUT2D eigenvalue weighted by Gasteiger charge is 2.26. The molecule has 0 aromatic heterocycles. The van der Waals surface area contributed by atoms with Gasteiger partial charge in [0.1, 0.15) is 6.04 Å². The Kier molecular flexibility index (Phi) is 4.06. The number of carboxylic acids is 1. The van der Waals surface area contributed by atoms with Crippen molar-refractivity contribution < 1.29 is 23.1 Å². The predicted octanol–water partition coefficient (Wildman–Crippen LogP) is -0.442. The topological polar surface area (TPSA) is 92.7 Å². The van der Waals surface area contributed by atoms with E-state index in [2.05, 4.69) is 4.72 Å². The lowest BCUT2D eigenvalue weighted by Gasteiger charge is -2.13. The summed E-state index contributed by atoms with van der Waals surface area (Å²) in [5, 5.41) is 8.55. The fourth-order valence-corrected chi connectivity index (χ4v) is 2.88. The Hall–Kier alpha value is -0.660. The van der Waals surface area contributed by atoms with E-state index in [1.165, 1.54) is 6.92 Å². The van der Waals surface area contributed by atoms with E-state index in [0.29, 0.717) is 13.0 Å². The average Bonchev–Trinajstić information content (AvgIpc) is 2.54. The molecular formula is C8H15NO5S. The molecule has 2 N–H and O–H groups in total. The predicted molar refractivity (Wildman–Crippen MR) is 53.0 cm³/mol. The van der Waals surface area contributed by atoms with Gasteiger partial charge in [0.2, 0.25) is 10.0 Å². The molecule has 88 valence electrons. The molecule has 1 heterocycles. The third-order valence-electron chi connectivity index (χ3n) is 2.16. The van der Waals surface area contributed by atoms with Crippen molar-refractivity contribution in [1.82, 2.24) is 4.72 Å². The Morgan fingerprint density at radius 3 is 2.80 bits per heavy atom. The van der Waals surface area contributed by atoms with Crippen LogP contribution in [0.25, 0.3) is 0 Å². The van der Waals surface area contributed by atoms with Crippen molar-refractivity contribution in [3.8, 4) is 0 Å². The first kappa shape index (κ1) is 12.4. The van der Waals surface area contributed by atoms with E-state index < -0.39 is 22.0 Å². The number of hydrogen-bond donors (Lipinski definition) is 2. The van der Waals surface area contributed by atoms with E-state index in [4.69, 9.17) is 9.84 Å². The van der Waals surface area contributed by atoms with Crippen molar-refractivity contribution in [2.45, 2.75) is 31.9 Å². The summed E-state index contributed by atoms with van der Waals surface area (Å²) >= 11 is 0. The molecule has 1 aliphatic rings. The van der Waals surface area contributed by atoms with Crippen LogP contribution in [0.5, 0.6) is 0 Å². The van der Waals surface area contributed by atoms with Gasteiger partial charge >= 0.3 is 5.97 Å². The molecule has 1 aliphatic heterocycles. The van der Waals surface area contributed by atoms with Crippen molar-refractivity contribution in [3.63, 3.8) is 0 Å². The first-order valence-corrected chi connectivity index (χ1v) is 6.40. The Morgan fingerprint density at radius 1 is 1.67 bits per heavy atom. The van der Waals surface area contributed by atoms with Crippen LogP contribution in [0.1, 0.15) is 19.8 Å². The molecule has 1 rings (SSSR count). The van der Waals surface area contributed by atoms with E-state index >= 15 is 0 Å². The summed E-state index contributed by atoms with van der Waals surface area (Å²) in [5.74, 6) is -1.35. The second-order valence-electron chi connectivity index (χ2n) is 3.59. The minimum Gasteiger partial charge on any atom is -0.480 e. The van der Waals surface area contributed by atoms with Gasteiger partial charge in [0.05, 0.1) is 11.9 Å². The molecule has 1 fully saturated rings. The number of nitrogens with one attached hydrogen (secondary N) is 1. The van der Waals surface area contributed by atoms with Gasteiger partial charge in [-0.3, -0.25) is 4.79 Å². The molecule has 1 unspecified atom stereocenters. The Labute approximate surface area is 88.7 Å². The summed E-state index contributed by atoms with van der Waals surface area (Å²) in [6.07, 6.45) is 1.26. The van der Waals surface area contributed by atoms with Crippen molar-refractivity contribution in [1.29, 1.82) is 0 Å². The number of sulfonamides is 1. The maximum atomic E-state index is 11.4. The fraction of sp³-hybridized carbons (Fsp3) is 0.875. The highest BCUT2D eigenvalue weighted by molar-refractivity contribution is 7.89. The Morgan fingerprint density at radius 2 is 2.33 bits per heavy atom. The molecule has 0 bridgehead atoms. The molecule has 0 saturated carbocycles. The molecule has 0 aromatic rings. The minimum absolute atomic E-state index is 0.162. The lowest BCUT2D eigenvalue weighted by molar-refractivity contribution is -0.138. The van der Waals surface area contributed by atoms with E-state index in [-0.39, 0.29) is 11.9 Å². The molecule has 1 saturated heterocycles. The van der Waals surface area contributed by atoms with Gasteiger partial charge in [0.15, 0.2) is 0 Å². The summed E-state index contributed by atoms with van der Waals surface area (Å²) < 4.78 is 30.1. The van der Waals surface area contributed by atoms with Gasteiger partial charge in [-0.15, -0.1) is 0 Å². The van der Waals surface area contributed by atoms with Crippen LogP contribution in [0.3, 0.4) is 0 Å². The third-order valence-corrected chi connectivity index (χ3v) is 3.68. The third kappa shape index (κ3) is 4.15. The number of rotatable bonds is 5. The highest BCUT2D eigenvalue weighted by Crippen LogP contribution is 2.13. The molecular weight excluding hydrogens is 222 g/mol. The lowest BCUT2D eigenvalue weighted by Crippen LogP contribution is -2.41. The van der Waals surface area contributed by atoms with Crippen LogP contribution in [-0.4, -0.2) is 44.0 Å². The zero-order valence-electron chi connectivity index (χ0n) is 8.47. The smallest absolute Gasteiger partial charge is 0.321 e. The van der Waals surface area contributed by atoms with Crippen molar-refractivity contribution >= 4 is 16.0 Å². The SMILES string of the molecule is C[C@H](NS(=O)(=O)CC1CCCO1)C(=O)O. The first-order chi connectivity index (χ1) is 6.91. The zero-order valence-corrected chi connectivity index (χ0v) is 9.29. The molecule has 15 heavy (non-hydrogen) atoms. The summed E-state index contributed by atoms with van der Waals surface area (Å²) in [4.78, 5) is 10.5. The second-order valence-corrected chi connectivity index (χ2v) is 5.39. The molecule has 0 aromatic carbocycles. The average molecular weight is 237 g/mol. The number of carbonyl (C=O) groups is 1. The van der Waals surface area contributed by atoms with Crippen molar-refractivity contribution in [2.75, 3.05) is 12.4 Å². The van der Waals surface area contributed by atoms with Crippen LogP contribution < -0.4 is 4.72 Å². The standard InChI is InChI=1S/C8H15NO5S/c1-6(8(10)11)9-15(12,13)5-7-3-2-4-14-7/h6-7,9H,2-5H2,1H3,(H,10,11)/t6-,7?/m0/s1. The van der Waals surface area contributed by atoms with Gasteiger partial charge in [0, 0.05) is 6.61 Å². The van der Waals surface area contributed by atoms with Gasteiger partial charge in [-0.2, -0.15) is 0 Å². The van der Waals surface area contributed by atoms with Gasteiger partial charge in [0.25, 0.3) is 0 Å². The van der Waals surface area contributed by atoms with E-state index in [1.807, 2.05) is 0 Å². The highest BCUT2D eigenvalue weighted by atomic mass is 32.2. The molecule has 7 heteroatoms. The summed E-state index contributed by atoms with van der Waals surface area (Å²) in [6.45, 7) is 1.87. The summed E-state index contributed by atoms with van der Waals surface area (Å²) in [7, 11) is -3.57. The number of aliphatic carboxylic acids is 1. The molecule has 0 aliphatic carbocycles. The van der Waals surface area contributed by atoms with Crippen LogP contribution >= 0.6 is 0 Å². The molecule has 6 nitrogen and oxygen atoms in total. The largest absolute Gasteiger partial charge is 0.480 e. The van der Waals surface area contributed by atoms with Crippen molar-refractivity contribution in [2.24, 2.45) is 0 Å². The summed E-state index contributed by atoms with van der Waals surface area (Å²) in [5.41, 5.74) is 0. The minimum atomic E-state index is -3.57. The number of ether oxygens (including phenoxy) is 1. The van der Waals surface area contributed by atoms with Gasteiger partial charge in [-0.25, -0.2) is 13.1 Å². The van der Waals surface area contributed by atoms with E-state index in [9.17, 15) is 13.2 Å². The van der Waals surface area contributed by atoms with Gasteiger partial charge in [-0.05, 0) is 19.8 Å². The molecule has 0 radical (unpaired) electrons. The van der Waals surface area contributed by atoms with E-state index in [1.54, 1.807) is 0 Å². The maximum absolute atomic E-state index is 11.4. The number of carboxylic acid groups (broad SMARTS) is 1.